The van der Waals surface area contributed by atoms with Crippen molar-refractivity contribution in [1.29, 1.82) is 0 Å². The first-order valence-corrected chi connectivity index (χ1v) is 9.72. The highest BCUT2D eigenvalue weighted by atomic mass is 16.5. The van der Waals surface area contributed by atoms with Gasteiger partial charge >= 0.3 is 5.97 Å². The Morgan fingerprint density at radius 2 is 1.78 bits per heavy atom. The zero-order chi connectivity index (χ0) is 18.8. The van der Waals surface area contributed by atoms with Crippen LogP contribution in [0.25, 0.3) is 10.8 Å². The number of benzene rings is 2. The van der Waals surface area contributed by atoms with Crippen LogP contribution in [0.5, 0.6) is 0 Å². The largest absolute Gasteiger partial charge is 0.481 e. The van der Waals surface area contributed by atoms with E-state index in [9.17, 15) is 14.7 Å². The molecule has 2 aromatic rings. The second-order valence-corrected chi connectivity index (χ2v) is 7.60. The molecule has 1 N–H and O–H groups in total. The number of nitrogens with zero attached hydrogens (tertiary/aromatic N) is 1. The summed E-state index contributed by atoms with van der Waals surface area (Å²) in [6.07, 6.45) is 2.44. The second kappa shape index (κ2) is 7.69. The van der Waals surface area contributed by atoms with Gasteiger partial charge < -0.3 is 14.7 Å². The number of carbonyl (C=O) groups is 2. The average molecular weight is 367 g/mol. The molecule has 142 valence electrons. The molecule has 2 atom stereocenters. The van der Waals surface area contributed by atoms with E-state index in [0.717, 1.165) is 29.2 Å². The summed E-state index contributed by atoms with van der Waals surface area (Å²) in [7, 11) is 0. The monoisotopic (exact) mass is 367 g/mol. The van der Waals surface area contributed by atoms with Gasteiger partial charge in [-0.05, 0) is 41.5 Å². The van der Waals surface area contributed by atoms with Crippen LogP contribution in [-0.2, 0) is 20.7 Å². The lowest BCUT2D eigenvalue weighted by Gasteiger charge is -2.35. The lowest BCUT2D eigenvalue weighted by atomic mass is 9.84. The minimum absolute atomic E-state index is 0.145. The summed E-state index contributed by atoms with van der Waals surface area (Å²) in [4.78, 5) is 26.1. The van der Waals surface area contributed by atoms with Crippen LogP contribution in [-0.4, -0.2) is 47.7 Å². The number of rotatable bonds is 4. The molecule has 27 heavy (non-hydrogen) atoms. The standard InChI is InChI=1S/C22H25NO4/c24-20(14-17-6-3-5-15-4-1-2-7-18(15)17)23-11-8-16(9-12-23)21-19(22(25)26)10-13-27-21/h1-7,16,19,21H,8-14H2,(H,25,26)/t19?,21-/m0/s1. The van der Waals surface area contributed by atoms with Crippen LogP contribution in [0.1, 0.15) is 24.8 Å². The van der Waals surface area contributed by atoms with Crippen molar-refractivity contribution in [1.82, 2.24) is 4.90 Å². The predicted molar refractivity (Wildman–Crippen MR) is 102 cm³/mol. The topological polar surface area (TPSA) is 66.8 Å². The van der Waals surface area contributed by atoms with E-state index in [4.69, 9.17) is 4.74 Å². The number of carboxylic acids is 1. The van der Waals surface area contributed by atoms with E-state index in [1.165, 1.54) is 0 Å². The summed E-state index contributed by atoms with van der Waals surface area (Å²) in [6, 6.07) is 14.2. The average Bonchev–Trinajstić information content (AvgIpc) is 3.19. The maximum atomic E-state index is 12.8. The summed E-state index contributed by atoms with van der Waals surface area (Å²) in [5.41, 5.74) is 1.06. The highest BCUT2D eigenvalue weighted by molar-refractivity contribution is 5.90. The Bertz CT molecular complexity index is 836. The Kier molecular flexibility index (Phi) is 5.12. The summed E-state index contributed by atoms with van der Waals surface area (Å²) in [5.74, 6) is -0.776. The van der Waals surface area contributed by atoms with E-state index >= 15 is 0 Å². The van der Waals surface area contributed by atoms with E-state index in [1.807, 2.05) is 29.2 Å². The van der Waals surface area contributed by atoms with Crippen LogP contribution >= 0.6 is 0 Å². The van der Waals surface area contributed by atoms with E-state index in [-0.39, 0.29) is 17.9 Å². The molecule has 2 heterocycles. The number of hydrogen-bond acceptors (Lipinski definition) is 3. The third kappa shape index (κ3) is 3.69. The first kappa shape index (κ1) is 18.0. The fourth-order valence-corrected chi connectivity index (χ4v) is 4.54. The highest BCUT2D eigenvalue weighted by Crippen LogP contribution is 2.33. The molecule has 2 aliphatic heterocycles. The van der Waals surface area contributed by atoms with Gasteiger partial charge in [-0.25, -0.2) is 0 Å². The molecule has 5 nitrogen and oxygen atoms in total. The van der Waals surface area contributed by atoms with Gasteiger partial charge in [0, 0.05) is 19.7 Å². The smallest absolute Gasteiger partial charge is 0.309 e. The van der Waals surface area contributed by atoms with Crippen molar-refractivity contribution < 1.29 is 19.4 Å². The number of fused-ring (bicyclic) bond motifs is 1. The molecule has 1 unspecified atom stereocenters. The van der Waals surface area contributed by atoms with E-state index in [0.29, 0.717) is 32.5 Å². The van der Waals surface area contributed by atoms with Crippen molar-refractivity contribution in [2.45, 2.75) is 31.8 Å². The lowest BCUT2D eigenvalue weighted by molar-refractivity contribution is -0.145. The number of ether oxygens (including phenoxy) is 1. The van der Waals surface area contributed by atoms with Gasteiger partial charge in [0.15, 0.2) is 0 Å². The molecule has 2 aliphatic rings. The van der Waals surface area contributed by atoms with Crippen molar-refractivity contribution in [3.63, 3.8) is 0 Å². The van der Waals surface area contributed by atoms with Crippen LogP contribution < -0.4 is 0 Å². The summed E-state index contributed by atoms with van der Waals surface area (Å²) in [6.45, 7) is 1.89. The predicted octanol–water partition coefficient (Wildman–Crippen LogP) is 3.11. The molecule has 2 fully saturated rings. The fourth-order valence-electron chi connectivity index (χ4n) is 4.54. The zero-order valence-corrected chi connectivity index (χ0v) is 15.3. The summed E-state index contributed by atoms with van der Waals surface area (Å²) in [5, 5.41) is 11.6. The number of piperidine rings is 1. The summed E-state index contributed by atoms with van der Waals surface area (Å²) >= 11 is 0. The van der Waals surface area contributed by atoms with Crippen LogP contribution in [0.2, 0.25) is 0 Å². The van der Waals surface area contributed by atoms with Crippen molar-refractivity contribution >= 4 is 22.6 Å². The molecular weight excluding hydrogens is 342 g/mol. The molecule has 0 aromatic heterocycles. The van der Waals surface area contributed by atoms with E-state index < -0.39 is 11.9 Å². The molecule has 0 bridgehead atoms. The van der Waals surface area contributed by atoms with Crippen LogP contribution in [0, 0.1) is 11.8 Å². The molecule has 2 aromatic carbocycles. The lowest BCUT2D eigenvalue weighted by Crippen LogP contribution is -2.43. The maximum Gasteiger partial charge on any atom is 0.309 e. The molecule has 0 spiro atoms. The number of carbonyl (C=O) groups excluding carboxylic acids is 1. The Morgan fingerprint density at radius 1 is 1.04 bits per heavy atom. The molecular formula is C22H25NO4. The van der Waals surface area contributed by atoms with Crippen LogP contribution in [0.4, 0.5) is 0 Å². The third-order valence-corrected chi connectivity index (χ3v) is 6.03. The van der Waals surface area contributed by atoms with Gasteiger partial charge in [-0.3, -0.25) is 9.59 Å². The molecule has 0 aliphatic carbocycles. The van der Waals surface area contributed by atoms with Gasteiger partial charge in [0.25, 0.3) is 0 Å². The normalized spacial score (nSPS) is 23.6. The van der Waals surface area contributed by atoms with Gasteiger partial charge in [-0.15, -0.1) is 0 Å². The minimum atomic E-state index is -0.757. The van der Waals surface area contributed by atoms with Crippen molar-refractivity contribution in [3.05, 3.63) is 48.0 Å². The SMILES string of the molecule is O=C(O)C1CCO[C@H]1C1CCN(C(=O)Cc2cccc3ccccc23)CC1. The van der Waals surface area contributed by atoms with Gasteiger partial charge in [0.1, 0.15) is 0 Å². The first-order chi connectivity index (χ1) is 13.1. The van der Waals surface area contributed by atoms with Crippen LogP contribution in [0.3, 0.4) is 0 Å². The Hall–Kier alpha value is -2.40. The highest BCUT2D eigenvalue weighted by Gasteiger charge is 2.40. The van der Waals surface area contributed by atoms with Gasteiger partial charge in [0.2, 0.25) is 5.91 Å². The van der Waals surface area contributed by atoms with E-state index in [1.54, 1.807) is 0 Å². The maximum absolute atomic E-state index is 12.8. The Labute approximate surface area is 158 Å². The molecule has 0 saturated carbocycles. The van der Waals surface area contributed by atoms with Crippen LogP contribution in [0.15, 0.2) is 42.5 Å². The number of hydrogen-bond donors (Lipinski definition) is 1. The van der Waals surface area contributed by atoms with E-state index in [2.05, 4.69) is 18.2 Å². The van der Waals surface area contributed by atoms with Crippen molar-refractivity contribution in [2.75, 3.05) is 19.7 Å². The first-order valence-electron chi connectivity index (χ1n) is 9.72. The molecule has 4 rings (SSSR count). The number of carboxylic acid groups (broad SMARTS) is 1. The molecule has 5 heteroatoms. The van der Waals surface area contributed by atoms with Gasteiger partial charge in [0.05, 0.1) is 18.4 Å². The van der Waals surface area contributed by atoms with Gasteiger partial charge in [-0.1, -0.05) is 42.5 Å². The Balaban J connectivity index is 1.38. The minimum Gasteiger partial charge on any atom is -0.481 e. The molecule has 2 saturated heterocycles. The number of likely N-dealkylation sites (tertiary alicyclic amines) is 1. The van der Waals surface area contributed by atoms with Crippen molar-refractivity contribution in [3.8, 4) is 0 Å². The van der Waals surface area contributed by atoms with Gasteiger partial charge in [-0.2, -0.15) is 0 Å². The fraction of sp³-hybridized carbons (Fsp3) is 0.455. The number of amides is 1. The third-order valence-electron chi connectivity index (χ3n) is 6.03. The quantitative estimate of drug-likeness (QED) is 0.902. The number of aliphatic carboxylic acids is 1. The second-order valence-electron chi connectivity index (χ2n) is 7.60. The Morgan fingerprint density at radius 3 is 2.56 bits per heavy atom. The zero-order valence-electron chi connectivity index (χ0n) is 15.3. The summed E-state index contributed by atoms with van der Waals surface area (Å²) < 4.78 is 5.72. The molecule has 0 radical (unpaired) electrons. The van der Waals surface area contributed by atoms with Crippen molar-refractivity contribution in [2.24, 2.45) is 11.8 Å². The molecule has 1 amide bonds.